The highest BCUT2D eigenvalue weighted by atomic mass is 16.5. The summed E-state index contributed by atoms with van der Waals surface area (Å²) in [4.78, 5) is 22.3. The van der Waals surface area contributed by atoms with Gasteiger partial charge in [-0.3, -0.25) is 4.79 Å². The van der Waals surface area contributed by atoms with Gasteiger partial charge in [0.1, 0.15) is 11.6 Å². The molecule has 1 fully saturated rings. The van der Waals surface area contributed by atoms with Crippen molar-refractivity contribution in [3.63, 3.8) is 0 Å². The molecule has 0 unspecified atom stereocenters. The number of hydrogen-bond acceptors (Lipinski definition) is 5. The summed E-state index contributed by atoms with van der Waals surface area (Å²) >= 11 is 0. The Kier molecular flexibility index (Phi) is 5.15. The van der Waals surface area contributed by atoms with Crippen LogP contribution >= 0.6 is 0 Å². The van der Waals surface area contributed by atoms with Gasteiger partial charge in [-0.15, -0.1) is 0 Å². The first kappa shape index (κ1) is 14.6. The van der Waals surface area contributed by atoms with Gasteiger partial charge in [0.15, 0.2) is 0 Å². The van der Waals surface area contributed by atoms with Crippen molar-refractivity contribution in [2.75, 3.05) is 32.1 Å². The minimum Gasteiger partial charge on any atom is -0.481 e. The average Bonchev–Trinajstić information content (AvgIpc) is 2.47. The van der Waals surface area contributed by atoms with E-state index >= 15 is 0 Å². The number of carbonyl (C=O) groups excluding carboxylic acids is 1. The van der Waals surface area contributed by atoms with Crippen LogP contribution in [0.5, 0.6) is 5.88 Å². The third kappa shape index (κ3) is 4.08. The second-order valence-electron chi connectivity index (χ2n) is 4.96. The lowest BCUT2D eigenvalue weighted by atomic mass is 10.1. The number of methoxy groups -OCH3 is 1. The smallest absolute Gasteiger partial charge is 0.224 e. The molecule has 0 saturated carbocycles. The maximum Gasteiger partial charge on any atom is 0.224 e. The van der Waals surface area contributed by atoms with Crippen molar-refractivity contribution in [3.05, 3.63) is 11.9 Å². The fourth-order valence-electron chi connectivity index (χ4n) is 2.33. The number of aromatic nitrogens is 2. The van der Waals surface area contributed by atoms with E-state index in [0.717, 1.165) is 25.9 Å². The molecule has 2 heterocycles. The van der Waals surface area contributed by atoms with Gasteiger partial charge in [0.05, 0.1) is 7.11 Å². The Bertz CT molecular complexity index is 458. The molecule has 0 aliphatic carbocycles. The summed E-state index contributed by atoms with van der Waals surface area (Å²) in [6.45, 7) is 4.19. The molecular formula is C14H22N4O2. The third-order valence-electron chi connectivity index (χ3n) is 3.38. The predicted molar refractivity (Wildman–Crippen MR) is 76.9 cm³/mol. The predicted octanol–water partition coefficient (Wildman–Crippen LogP) is 1.61. The molecule has 0 radical (unpaired) electrons. The molecule has 110 valence electrons. The Hall–Kier alpha value is -1.85. The number of carbonyl (C=O) groups is 1. The van der Waals surface area contributed by atoms with Crippen LogP contribution in [0.15, 0.2) is 6.07 Å². The van der Waals surface area contributed by atoms with Crippen LogP contribution in [0.3, 0.4) is 0 Å². The van der Waals surface area contributed by atoms with E-state index in [9.17, 15) is 4.79 Å². The minimum atomic E-state index is 0.218. The first-order valence-electron chi connectivity index (χ1n) is 7.10. The van der Waals surface area contributed by atoms with Gasteiger partial charge in [-0.25, -0.2) is 4.98 Å². The van der Waals surface area contributed by atoms with Crippen molar-refractivity contribution < 1.29 is 9.53 Å². The number of piperidine rings is 1. The zero-order valence-corrected chi connectivity index (χ0v) is 12.2. The second-order valence-corrected chi connectivity index (χ2v) is 4.96. The maximum atomic E-state index is 12.0. The molecule has 1 aromatic rings. The van der Waals surface area contributed by atoms with E-state index < -0.39 is 0 Å². The number of likely N-dealkylation sites (tertiary alicyclic amines) is 1. The number of aryl methyl sites for hydroxylation is 1. The topological polar surface area (TPSA) is 67.3 Å². The molecule has 1 N–H and O–H groups in total. The fraction of sp³-hybridized carbons (Fsp3) is 0.643. The molecule has 0 bridgehead atoms. The van der Waals surface area contributed by atoms with Gasteiger partial charge in [-0.2, -0.15) is 4.98 Å². The zero-order chi connectivity index (χ0) is 14.4. The lowest BCUT2D eigenvalue weighted by Crippen LogP contribution is -2.36. The van der Waals surface area contributed by atoms with Crippen LogP contribution < -0.4 is 10.1 Å². The molecule has 1 aliphatic heterocycles. The molecular weight excluding hydrogens is 256 g/mol. The van der Waals surface area contributed by atoms with Crippen molar-refractivity contribution in [2.45, 2.75) is 32.6 Å². The largest absolute Gasteiger partial charge is 0.481 e. The van der Waals surface area contributed by atoms with Crippen LogP contribution in [0, 0.1) is 6.92 Å². The summed E-state index contributed by atoms with van der Waals surface area (Å²) in [5, 5.41) is 3.15. The Balaban J connectivity index is 1.80. The summed E-state index contributed by atoms with van der Waals surface area (Å²) < 4.78 is 5.09. The van der Waals surface area contributed by atoms with E-state index in [1.54, 1.807) is 13.2 Å². The number of ether oxygens (including phenoxy) is 1. The van der Waals surface area contributed by atoms with Crippen LogP contribution in [0.2, 0.25) is 0 Å². The van der Waals surface area contributed by atoms with Gasteiger partial charge < -0.3 is 15.0 Å². The number of nitrogens with one attached hydrogen (secondary N) is 1. The summed E-state index contributed by atoms with van der Waals surface area (Å²) in [5.74, 6) is 2.09. The highest BCUT2D eigenvalue weighted by Gasteiger charge is 2.15. The van der Waals surface area contributed by atoms with E-state index in [2.05, 4.69) is 15.3 Å². The van der Waals surface area contributed by atoms with Gasteiger partial charge in [0.2, 0.25) is 11.8 Å². The highest BCUT2D eigenvalue weighted by molar-refractivity contribution is 5.76. The SMILES string of the molecule is COc1cc(NCCC(=O)N2CCCCC2)nc(C)n1. The Labute approximate surface area is 119 Å². The van der Waals surface area contributed by atoms with Crippen LogP contribution in [0.4, 0.5) is 5.82 Å². The van der Waals surface area contributed by atoms with Gasteiger partial charge in [0.25, 0.3) is 0 Å². The van der Waals surface area contributed by atoms with Crippen molar-refractivity contribution in [2.24, 2.45) is 0 Å². The summed E-state index contributed by atoms with van der Waals surface area (Å²) in [6.07, 6.45) is 3.98. The first-order chi connectivity index (χ1) is 9.69. The lowest BCUT2D eigenvalue weighted by molar-refractivity contribution is -0.131. The molecule has 0 spiro atoms. The monoisotopic (exact) mass is 278 g/mol. The number of amides is 1. The zero-order valence-electron chi connectivity index (χ0n) is 12.2. The van der Waals surface area contributed by atoms with Crippen LogP contribution in [0.25, 0.3) is 0 Å². The molecule has 6 heteroatoms. The number of nitrogens with zero attached hydrogens (tertiary/aromatic N) is 3. The van der Waals surface area contributed by atoms with Gasteiger partial charge >= 0.3 is 0 Å². The number of anilines is 1. The molecule has 6 nitrogen and oxygen atoms in total. The molecule has 20 heavy (non-hydrogen) atoms. The van der Waals surface area contributed by atoms with Crippen molar-refractivity contribution >= 4 is 11.7 Å². The molecule has 1 aromatic heterocycles. The van der Waals surface area contributed by atoms with Crippen molar-refractivity contribution in [1.29, 1.82) is 0 Å². The minimum absolute atomic E-state index is 0.218. The molecule has 1 aliphatic rings. The van der Waals surface area contributed by atoms with E-state index in [1.165, 1.54) is 6.42 Å². The van der Waals surface area contributed by atoms with Gasteiger partial charge in [-0.05, 0) is 26.2 Å². The number of hydrogen-bond donors (Lipinski definition) is 1. The number of rotatable bonds is 5. The summed E-state index contributed by atoms with van der Waals surface area (Å²) in [5.41, 5.74) is 0. The standard InChI is InChI=1S/C14H22N4O2/c1-11-16-12(10-13(17-11)20-2)15-7-6-14(19)18-8-4-3-5-9-18/h10H,3-9H2,1-2H3,(H,15,16,17). The van der Waals surface area contributed by atoms with Crippen molar-refractivity contribution in [1.82, 2.24) is 14.9 Å². The van der Waals surface area contributed by atoms with E-state index in [4.69, 9.17) is 4.74 Å². The fourth-order valence-corrected chi connectivity index (χ4v) is 2.33. The third-order valence-corrected chi connectivity index (χ3v) is 3.38. The first-order valence-corrected chi connectivity index (χ1v) is 7.10. The maximum absolute atomic E-state index is 12.0. The average molecular weight is 278 g/mol. The van der Waals surface area contributed by atoms with E-state index in [-0.39, 0.29) is 5.91 Å². The molecule has 2 rings (SSSR count). The molecule has 0 atom stereocenters. The summed E-state index contributed by atoms with van der Waals surface area (Å²) in [6, 6.07) is 1.73. The van der Waals surface area contributed by atoms with Gasteiger partial charge in [0, 0.05) is 32.1 Å². The highest BCUT2D eigenvalue weighted by Crippen LogP contribution is 2.13. The van der Waals surface area contributed by atoms with E-state index in [0.29, 0.717) is 30.5 Å². The van der Waals surface area contributed by atoms with Crippen molar-refractivity contribution in [3.8, 4) is 5.88 Å². The summed E-state index contributed by atoms with van der Waals surface area (Å²) in [7, 11) is 1.57. The molecule has 1 amide bonds. The molecule has 1 saturated heterocycles. The lowest BCUT2D eigenvalue weighted by Gasteiger charge is -2.26. The Morgan fingerprint density at radius 1 is 1.35 bits per heavy atom. The van der Waals surface area contributed by atoms with Crippen LogP contribution in [-0.2, 0) is 4.79 Å². The van der Waals surface area contributed by atoms with Crippen LogP contribution in [-0.4, -0.2) is 47.5 Å². The molecule has 0 aromatic carbocycles. The quantitative estimate of drug-likeness (QED) is 0.886. The van der Waals surface area contributed by atoms with Gasteiger partial charge in [-0.1, -0.05) is 0 Å². The Morgan fingerprint density at radius 3 is 2.80 bits per heavy atom. The normalized spacial score (nSPS) is 15.0. The Morgan fingerprint density at radius 2 is 2.10 bits per heavy atom. The second kappa shape index (κ2) is 7.07. The van der Waals surface area contributed by atoms with Crippen LogP contribution in [0.1, 0.15) is 31.5 Å². The van der Waals surface area contributed by atoms with E-state index in [1.807, 2.05) is 11.8 Å².